The average Bonchev–Trinajstić information content (AvgIpc) is 3.21. The number of carbonyl (C=O) groups excluding carboxylic acids is 1. The van der Waals surface area contributed by atoms with Crippen LogP contribution in [0.5, 0.6) is 0 Å². The third-order valence-electron chi connectivity index (χ3n) is 3.78. The number of aryl methyl sites for hydroxylation is 1. The Bertz CT molecular complexity index is 977. The van der Waals surface area contributed by atoms with E-state index >= 15 is 0 Å². The lowest BCUT2D eigenvalue weighted by atomic mass is 10.0. The first-order chi connectivity index (χ1) is 11.2. The van der Waals surface area contributed by atoms with E-state index in [9.17, 15) is 4.79 Å². The molecule has 4 nitrogen and oxygen atoms in total. The second-order valence-corrected chi connectivity index (χ2v) is 5.34. The van der Waals surface area contributed by atoms with Crippen LogP contribution in [0.15, 0.2) is 63.4 Å². The molecule has 0 spiro atoms. The summed E-state index contributed by atoms with van der Waals surface area (Å²) in [5.41, 5.74) is 4.48. The molecule has 23 heavy (non-hydrogen) atoms. The zero-order valence-electron chi connectivity index (χ0n) is 12.4. The topological polar surface area (TPSA) is 56.2 Å². The number of oxazole rings is 1. The summed E-state index contributed by atoms with van der Waals surface area (Å²) in [5.74, 6) is 1.59. The molecule has 0 radical (unpaired) electrons. The summed E-state index contributed by atoms with van der Waals surface area (Å²) in [5, 5.41) is 0. The van der Waals surface area contributed by atoms with E-state index in [0.29, 0.717) is 23.7 Å². The Morgan fingerprint density at radius 1 is 1.00 bits per heavy atom. The first-order valence-electron chi connectivity index (χ1n) is 7.26. The molecule has 0 fully saturated rings. The van der Waals surface area contributed by atoms with Gasteiger partial charge in [-0.15, -0.1) is 0 Å². The van der Waals surface area contributed by atoms with Gasteiger partial charge in [-0.2, -0.15) is 0 Å². The number of hydrogen-bond acceptors (Lipinski definition) is 4. The minimum Gasteiger partial charge on any atom is -0.453 e. The van der Waals surface area contributed by atoms with Gasteiger partial charge >= 0.3 is 0 Å². The quantitative estimate of drug-likeness (QED) is 0.506. The molecule has 112 valence electrons. The molecular weight excluding hydrogens is 290 g/mol. The summed E-state index contributed by atoms with van der Waals surface area (Å²) in [6, 6.07) is 17.0. The molecule has 4 heteroatoms. The number of aldehydes is 1. The summed E-state index contributed by atoms with van der Waals surface area (Å²) in [7, 11) is 0. The highest BCUT2D eigenvalue weighted by atomic mass is 16.4. The molecule has 0 aliphatic heterocycles. The monoisotopic (exact) mass is 303 g/mol. The highest BCUT2D eigenvalue weighted by molar-refractivity contribution is 5.77. The van der Waals surface area contributed by atoms with Gasteiger partial charge in [-0.05, 0) is 48.9 Å². The molecule has 0 aliphatic carbocycles. The Labute approximate surface area is 132 Å². The van der Waals surface area contributed by atoms with Gasteiger partial charge in [0, 0.05) is 11.1 Å². The molecule has 2 aromatic heterocycles. The van der Waals surface area contributed by atoms with E-state index in [0.717, 1.165) is 27.8 Å². The number of hydrogen-bond donors (Lipinski definition) is 0. The third kappa shape index (κ3) is 2.34. The van der Waals surface area contributed by atoms with Crippen LogP contribution in [0, 0.1) is 6.92 Å². The second-order valence-electron chi connectivity index (χ2n) is 5.34. The predicted molar refractivity (Wildman–Crippen MR) is 87.3 cm³/mol. The van der Waals surface area contributed by atoms with Crippen molar-refractivity contribution in [3.05, 3.63) is 65.9 Å². The number of fused-ring (bicyclic) bond motifs is 1. The van der Waals surface area contributed by atoms with Crippen molar-refractivity contribution in [2.45, 2.75) is 6.92 Å². The molecule has 0 amide bonds. The number of aromatic nitrogens is 1. The van der Waals surface area contributed by atoms with Crippen LogP contribution in [0.4, 0.5) is 0 Å². The molecule has 4 rings (SSSR count). The molecule has 4 aromatic rings. The Balaban J connectivity index is 1.76. The fourth-order valence-corrected chi connectivity index (χ4v) is 2.63. The van der Waals surface area contributed by atoms with E-state index in [2.05, 4.69) is 4.98 Å². The molecule has 0 atom stereocenters. The number of para-hydroxylation sites is 2. The number of furan rings is 1. The minimum absolute atomic E-state index is 0.322. The van der Waals surface area contributed by atoms with Gasteiger partial charge in [0.25, 0.3) is 0 Å². The van der Waals surface area contributed by atoms with Crippen molar-refractivity contribution >= 4 is 17.4 Å². The van der Waals surface area contributed by atoms with Crippen LogP contribution in [0.3, 0.4) is 0 Å². The van der Waals surface area contributed by atoms with Crippen molar-refractivity contribution in [3.8, 4) is 22.8 Å². The van der Waals surface area contributed by atoms with E-state index in [1.165, 1.54) is 0 Å². The van der Waals surface area contributed by atoms with Gasteiger partial charge in [0.15, 0.2) is 17.6 Å². The fourth-order valence-electron chi connectivity index (χ4n) is 2.63. The molecule has 0 unspecified atom stereocenters. The SMILES string of the molecule is Cc1cc(-c2nc3ccccc3o2)ccc1-c1ccc(C=O)o1. The Morgan fingerprint density at radius 2 is 1.87 bits per heavy atom. The lowest BCUT2D eigenvalue weighted by Gasteiger charge is -2.04. The van der Waals surface area contributed by atoms with Gasteiger partial charge in [0.1, 0.15) is 11.3 Å². The number of benzene rings is 2. The van der Waals surface area contributed by atoms with Gasteiger partial charge in [-0.3, -0.25) is 4.79 Å². The maximum atomic E-state index is 10.7. The largest absolute Gasteiger partial charge is 0.453 e. The Hall–Kier alpha value is -3.14. The maximum absolute atomic E-state index is 10.7. The maximum Gasteiger partial charge on any atom is 0.227 e. The highest BCUT2D eigenvalue weighted by Crippen LogP contribution is 2.30. The van der Waals surface area contributed by atoms with Gasteiger partial charge < -0.3 is 8.83 Å². The van der Waals surface area contributed by atoms with Crippen LogP contribution in [0.2, 0.25) is 0 Å². The van der Waals surface area contributed by atoms with Crippen LogP contribution in [0.25, 0.3) is 33.9 Å². The number of rotatable bonds is 3. The summed E-state index contributed by atoms with van der Waals surface area (Å²) in [6.45, 7) is 1.99. The molecule has 0 saturated heterocycles. The molecule has 2 aromatic carbocycles. The van der Waals surface area contributed by atoms with Gasteiger partial charge in [-0.25, -0.2) is 4.98 Å². The predicted octanol–water partition coefficient (Wildman–Crippen LogP) is 4.88. The van der Waals surface area contributed by atoms with Crippen LogP contribution in [0.1, 0.15) is 16.1 Å². The summed E-state index contributed by atoms with van der Waals surface area (Å²) in [6.07, 6.45) is 0.700. The number of nitrogens with zero attached hydrogens (tertiary/aromatic N) is 1. The molecular formula is C19H13NO3. The van der Waals surface area contributed by atoms with E-state index < -0.39 is 0 Å². The van der Waals surface area contributed by atoms with E-state index in [4.69, 9.17) is 8.83 Å². The standard InChI is InChI=1S/C19H13NO3/c1-12-10-13(19-20-16-4-2-3-5-18(16)23-19)6-8-15(12)17-9-7-14(11-21)22-17/h2-11H,1H3. The van der Waals surface area contributed by atoms with Crippen LogP contribution in [-0.2, 0) is 0 Å². The molecule has 2 heterocycles. The second kappa shape index (κ2) is 5.25. The fraction of sp³-hybridized carbons (Fsp3) is 0.0526. The lowest BCUT2D eigenvalue weighted by molar-refractivity contribution is 0.110. The van der Waals surface area contributed by atoms with E-state index in [1.807, 2.05) is 49.4 Å². The summed E-state index contributed by atoms with van der Waals surface area (Å²) < 4.78 is 11.3. The van der Waals surface area contributed by atoms with Crippen molar-refractivity contribution in [1.29, 1.82) is 0 Å². The number of carbonyl (C=O) groups is 1. The normalized spacial score (nSPS) is 11.0. The highest BCUT2D eigenvalue weighted by Gasteiger charge is 2.12. The molecule has 0 bridgehead atoms. The first-order valence-corrected chi connectivity index (χ1v) is 7.26. The zero-order valence-corrected chi connectivity index (χ0v) is 12.4. The Morgan fingerprint density at radius 3 is 2.61 bits per heavy atom. The minimum atomic E-state index is 0.322. The third-order valence-corrected chi connectivity index (χ3v) is 3.78. The van der Waals surface area contributed by atoms with Gasteiger partial charge in [-0.1, -0.05) is 18.2 Å². The first kappa shape index (κ1) is 13.5. The lowest BCUT2D eigenvalue weighted by Crippen LogP contribution is -1.84. The summed E-state index contributed by atoms with van der Waals surface area (Å²) >= 11 is 0. The molecule has 0 saturated carbocycles. The van der Waals surface area contributed by atoms with Gasteiger partial charge in [0.05, 0.1) is 0 Å². The van der Waals surface area contributed by atoms with Crippen LogP contribution in [-0.4, -0.2) is 11.3 Å². The van der Waals surface area contributed by atoms with E-state index in [-0.39, 0.29) is 0 Å². The average molecular weight is 303 g/mol. The smallest absolute Gasteiger partial charge is 0.227 e. The van der Waals surface area contributed by atoms with E-state index in [1.54, 1.807) is 12.1 Å². The van der Waals surface area contributed by atoms with Crippen molar-refractivity contribution in [2.24, 2.45) is 0 Å². The van der Waals surface area contributed by atoms with Crippen molar-refractivity contribution in [3.63, 3.8) is 0 Å². The van der Waals surface area contributed by atoms with Gasteiger partial charge in [0.2, 0.25) is 5.89 Å². The zero-order chi connectivity index (χ0) is 15.8. The van der Waals surface area contributed by atoms with Crippen molar-refractivity contribution in [1.82, 2.24) is 4.98 Å². The molecule has 0 aliphatic rings. The molecule has 0 N–H and O–H groups in total. The van der Waals surface area contributed by atoms with Crippen molar-refractivity contribution < 1.29 is 13.6 Å². The van der Waals surface area contributed by atoms with Crippen LogP contribution < -0.4 is 0 Å². The summed E-state index contributed by atoms with van der Waals surface area (Å²) in [4.78, 5) is 15.3. The van der Waals surface area contributed by atoms with Crippen molar-refractivity contribution in [2.75, 3.05) is 0 Å². The Kier molecular flexibility index (Phi) is 3.08. The van der Waals surface area contributed by atoms with Crippen LogP contribution >= 0.6 is 0 Å².